The van der Waals surface area contributed by atoms with E-state index in [2.05, 4.69) is 24.5 Å². The number of allylic oxidation sites excluding steroid dienone is 1. The summed E-state index contributed by atoms with van der Waals surface area (Å²) in [4.78, 5) is 14.7. The molecule has 0 spiro atoms. The monoisotopic (exact) mass is 351 g/mol. The predicted molar refractivity (Wildman–Crippen MR) is 94.7 cm³/mol. The van der Waals surface area contributed by atoms with E-state index in [0.717, 1.165) is 19.5 Å². The lowest BCUT2D eigenvalue weighted by atomic mass is 9.91. The quantitative estimate of drug-likeness (QED) is 0.688. The molecule has 1 aromatic rings. The predicted octanol–water partition coefficient (Wildman–Crippen LogP) is 4.38. The molecule has 1 fully saturated rings. The van der Waals surface area contributed by atoms with Gasteiger partial charge in [0.15, 0.2) is 5.71 Å². The highest BCUT2D eigenvalue weighted by Gasteiger charge is 2.37. The first-order chi connectivity index (χ1) is 10.9. The van der Waals surface area contributed by atoms with E-state index in [1.165, 1.54) is 18.6 Å². The van der Waals surface area contributed by atoms with Crippen LogP contribution < -0.4 is 0 Å². The van der Waals surface area contributed by atoms with E-state index in [0.29, 0.717) is 15.6 Å². The number of benzene rings is 1. The number of amides is 1. The molecule has 0 aliphatic carbocycles. The van der Waals surface area contributed by atoms with E-state index in [4.69, 9.17) is 23.2 Å². The van der Waals surface area contributed by atoms with Gasteiger partial charge in [-0.3, -0.25) is 4.79 Å². The first kappa shape index (κ1) is 16.5. The average Bonchev–Trinajstić information content (AvgIpc) is 3.02. The summed E-state index contributed by atoms with van der Waals surface area (Å²) in [5, 5.41) is 0.863. The number of hydrogen-bond donors (Lipinski definition) is 0. The van der Waals surface area contributed by atoms with Crippen LogP contribution in [-0.2, 0) is 0 Å². The molecule has 1 amide bonds. The lowest BCUT2D eigenvalue weighted by molar-refractivity contribution is -0.506. The fourth-order valence-electron chi connectivity index (χ4n) is 3.28. The first-order valence-corrected chi connectivity index (χ1v) is 8.72. The second-order valence-electron chi connectivity index (χ2n) is 6.79. The molecule has 0 aromatic heterocycles. The Morgan fingerprint density at radius 1 is 1.17 bits per heavy atom. The normalized spacial score (nSPS) is 20.3. The second-order valence-corrected chi connectivity index (χ2v) is 7.61. The fraction of sp³-hybridized carbons (Fsp3) is 0.444. The Bertz CT molecular complexity index is 699. The molecule has 0 unspecified atom stereocenters. The van der Waals surface area contributed by atoms with Crippen LogP contribution in [0.1, 0.15) is 43.5 Å². The molecule has 1 aromatic carbocycles. The van der Waals surface area contributed by atoms with E-state index in [1.54, 1.807) is 23.1 Å². The Hall–Kier alpha value is -1.32. The third-order valence-corrected chi connectivity index (χ3v) is 5.32. The van der Waals surface area contributed by atoms with Gasteiger partial charge in [0, 0.05) is 30.7 Å². The Kier molecular flexibility index (Phi) is 4.52. The lowest BCUT2D eigenvalue weighted by Gasteiger charge is -2.38. The molecule has 2 aliphatic rings. The van der Waals surface area contributed by atoms with Gasteiger partial charge in [-0.15, -0.1) is 0 Å². The maximum Gasteiger partial charge on any atom is 0.258 e. The van der Waals surface area contributed by atoms with Gasteiger partial charge in [0.25, 0.3) is 5.91 Å². The zero-order valence-corrected chi connectivity index (χ0v) is 15.0. The van der Waals surface area contributed by atoms with E-state index in [1.807, 2.05) is 6.20 Å². The summed E-state index contributed by atoms with van der Waals surface area (Å²) in [7, 11) is 0. The number of carbonyl (C=O) groups excluding carboxylic acids is 1. The number of halogens is 2. The minimum atomic E-state index is -0.268. The number of carbonyl (C=O) groups is 1. The van der Waals surface area contributed by atoms with Crippen LogP contribution in [0.5, 0.6) is 0 Å². The van der Waals surface area contributed by atoms with Crippen molar-refractivity contribution in [2.75, 3.05) is 13.1 Å². The Balaban J connectivity index is 1.90. The van der Waals surface area contributed by atoms with Gasteiger partial charge < -0.3 is 4.90 Å². The van der Waals surface area contributed by atoms with Gasteiger partial charge in [-0.1, -0.05) is 23.2 Å². The molecule has 0 bridgehead atoms. The molecule has 3 rings (SSSR count). The van der Waals surface area contributed by atoms with E-state index in [9.17, 15) is 4.79 Å². The molecule has 122 valence electrons. The molecule has 1 saturated heterocycles. The summed E-state index contributed by atoms with van der Waals surface area (Å²) in [5.74, 6) is -0.0507. The van der Waals surface area contributed by atoms with Crippen molar-refractivity contribution < 1.29 is 9.37 Å². The van der Waals surface area contributed by atoms with Crippen LogP contribution in [0.4, 0.5) is 0 Å². The van der Waals surface area contributed by atoms with Crippen molar-refractivity contribution in [2.45, 2.75) is 38.6 Å². The lowest BCUT2D eigenvalue weighted by Crippen LogP contribution is -2.48. The summed E-state index contributed by atoms with van der Waals surface area (Å²) in [6.45, 7) is 6.44. The molecule has 0 N–H and O–H groups in total. The first-order valence-electron chi connectivity index (χ1n) is 7.96. The zero-order valence-electron chi connectivity index (χ0n) is 13.5. The molecule has 0 saturated carbocycles. The summed E-state index contributed by atoms with van der Waals surface area (Å²) in [6, 6.07) is 5.02. The number of hydrogen-bond acceptors (Lipinski definition) is 1. The van der Waals surface area contributed by atoms with Crippen LogP contribution in [0.3, 0.4) is 0 Å². The Morgan fingerprint density at radius 3 is 2.48 bits per heavy atom. The van der Waals surface area contributed by atoms with Crippen molar-refractivity contribution in [2.24, 2.45) is 0 Å². The molecule has 0 radical (unpaired) electrons. The minimum absolute atomic E-state index is 0.0507. The number of rotatable bonds is 1. The topological polar surface area (TPSA) is 23.3 Å². The van der Waals surface area contributed by atoms with Crippen LogP contribution in [0.25, 0.3) is 0 Å². The van der Waals surface area contributed by atoms with Crippen LogP contribution >= 0.6 is 23.2 Å². The third-order valence-electron chi connectivity index (χ3n) is 4.58. The minimum Gasteiger partial charge on any atom is -0.309 e. The smallest absolute Gasteiger partial charge is 0.258 e. The second kappa shape index (κ2) is 6.29. The van der Waals surface area contributed by atoms with Gasteiger partial charge in [-0.25, -0.2) is 4.58 Å². The van der Waals surface area contributed by atoms with Crippen LogP contribution in [0, 0.1) is 0 Å². The summed E-state index contributed by atoms with van der Waals surface area (Å²) in [5.41, 5.74) is 1.61. The van der Waals surface area contributed by atoms with Crippen molar-refractivity contribution in [3.8, 4) is 0 Å². The largest absolute Gasteiger partial charge is 0.309 e. The van der Waals surface area contributed by atoms with Crippen LogP contribution in [-0.4, -0.2) is 39.7 Å². The van der Waals surface area contributed by atoms with Gasteiger partial charge in [0.1, 0.15) is 13.1 Å². The highest BCUT2D eigenvalue weighted by Crippen LogP contribution is 2.29. The molecular weight excluding hydrogens is 331 g/mol. The SMILES string of the molecule is CC1(C)CC(=[N+]2CCCC2)C=CN1C(=O)c1ccc(Cl)c(Cl)c1. The summed E-state index contributed by atoms with van der Waals surface area (Å²) < 4.78 is 2.43. The van der Waals surface area contributed by atoms with E-state index < -0.39 is 0 Å². The maximum absolute atomic E-state index is 12.9. The molecule has 2 heterocycles. The molecular formula is C18H21Cl2N2O+. The van der Waals surface area contributed by atoms with Crippen molar-refractivity contribution in [3.05, 3.63) is 46.1 Å². The average molecular weight is 352 g/mol. The van der Waals surface area contributed by atoms with Crippen molar-refractivity contribution in [1.29, 1.82) is 0 Å². The molecule has 23 heavy (non-hydrogen) atoms. The molecule has 0 atom stereocenters. The van der Waals surface area contributed by atoms with Crippen molar-refractivity contribution >= 4 is 34.8 Å². The van der Waals surface area contributed by atoms with Gasteiger partial charge in [-0.2, -0.15) is 0 Å². The molecule has 3 nitrogen and oxygen atoms in total. The van der Waals surface area contributed by atoms with Gasteiger partial charge in [-0.05, 0) is 32.0 Å². The van der Waals surface area contributed by atoms with Gasteiger partial charge in [0.2, 0.25) is 0 Å². The van der Waals surface area contributed by atoms with Gasteiger partial charge >= 0.3 is 0 Å². The Morgan fingerprint density at radius 2 is 1.87 bits per heavy atom. The third kappa shape index (κ3) is 3.31. The summed E-state index contributed by atoms with van der Waals surface area (Å²) in [6.07, 6.45) is 7.35. The highest BCUT2D eigenvalue weighted by atomic mass is 35.5. The zero-order chi connectivity index (χ0) is 16.6. The van der Waals surface area contributed by atoms with Crippen LogP contribution in [0.2, 0.25) is 10.0 Å². The summed E-state index contributed by atoms with van der Waals surface area (Å²) >= 11 is 12.0. The Labute approximate surface area is 147 Å². The van der Waals surface area contributed by atoms with Crippen molar-refractivity contribution in [1.82, 2.24) is 4.90 Å². The van der Waals surface area contributed by atoms with Gasteiger partial charge in [0.05, 0.1) is 22.0 Å². The van der Waals surface area contributed by atoms with Crippen molar-refractivity contribution in [3.63, 3.8) is 0 Å². The van der Waals surface area contributed by atoms with E-state index >= 15 is 0 Å². The molecule has 2 aliphatic heterocycles. The highest BCUT2D eigenvalue weighted by molar-refractivity contribution is 6.42. The number of nitrogens with zero attached hydrogens (tertiary/aromatic N) is 2. The van der Waals surface area contributed by atoms with Crippen LogP contribution in [0.15, 0.2) is 30.5 Å². The van der Waals surface area contributed by atoms with E-state index in [-0.39, 0.29) is 11.4 Å². The maximum atomic E-state index is 12.9. The fourth-order valence-corrected chi connectivity index (χ4v) is 3.58. The standard InChI is InChI=1S/C18H21Cl2N2O/c1-18(2)12-14(21-8-3-4-9-21)7-10-22(18)17(23)13-5-6-15(19)16(20)11-13/h5-7,10-11H,3-4,8-9,12H2,1-2H3/q+1. The molecule has 5 heteroatoms.